The monoisotopic (exact) mass is 335 g/mol. The van der Waals surface area contributed by atoms with Crippen LogP contribution < -0.4 is 0 Å². The minimum absolute atomic E-state index is 0.0161. The quantitative estimate of drug-likeness (QED) is 0.804. The first-order chi connectivity index (χ1) is 12.2. The summed E-state index contributed by atoms with van der Waals surface area (Å²) in [7, 11) is 0. The number of H-pyrrole nitrogens is 1. The van der Waals surface area contributed by atoms with Gasteiger partial charge in [-0.15, -0.1) is 0 Å². The second-order valence-corrected chi connectivity index (χ2v) is 8.05. The van der Waals surface area contributed by atoms with Crippen LogP contribution in [0.5, 0.6) is 0 Å². The second-order valence-electron chi connectivity index (χ2n) is 8.05. The Labute approximate surface area is 146 Å². The van der Waals surface area contributed by atoms with Gasteiger partial charge in [0.15, 0.2) is 0 Å². The molecule has 6 rings (SSSR count). The largest absolute Gasteiger partial charge is 0.356 e. The molecule has 3 fully saturated rings. The number of nitrogens with one attached hydrogen (secondary N) is 1. The predicted molar refractivity (Wildman–Crippen MR) is 92.9 cm³/mol. The van der Waals surface area contributed by atoms with E-state index in [9.17, 15) is 9.59 Å². The smallest absolute Gasteiger partial charge is 0.249 e. The van der Waals surface area contributed by atoms with Crippen molar-refractivity contribution in [2.45, 2.75) is 43.7 Å². The van der Waals surface area contributed by atoms with Gasteiger partial charge in [-0.1, -0.05) is 24.6 Å². The van der Waals surface area contributed by atoms with Crippen molar-refractivity contribution in [3.05, 3.63) is 35.5 Å². The lowest BCUT2D eigenvalue weighted by Gasteiger charge is -2.51. The fourth-order valence-corrected chi connectivity index (χ4v) is 6.07. The lowest BCUT2D eigenvalue weighted by Crippen LogP contribution is -2.66. The summed E-state index contributed by atoms with van der Waals surface area (Å²) in [6, 6.07) is 8.34. The van der Waals surface area contributed by atoms with E-state index in [1.807, 2.05) is 11.0 Å². The third-order valence-electron chi connectivity index (χ3n) is 7.14. The molecule has 2 aromatic rings. The molecule has 3 aliphatic heterocycles. The fourth-order valence-electron chi connectivity index (χ4n) is 6.07. The Morgan fingerprint density at radius 3 is 3.00 bits per heavy atom. The van der Waals surface area contributed by atoms with Crippen LogP contribution in [0.15, 0.2) is 24.3 Å². The summed E-state index contributed by atoms with van der Waals surface area (Å²) < 4.78 is 0. The van der Waals surface area contributed by atoms with Crippen molar-refractivity contribution in [2.75, 3.05) is 13.1 Å². The molecule has 3 atom stereocenters. The van der Waals surface area contributed by atoms with Crippen LogP contribution in [0.25, 0.3) is 10.9 Å². The maximum absolute atomic E-state index is 13.5. The van der Waals surface area contributed by atoms with Gasteiger partial charge in [-0.3, -0.25) is 9.59 Å². The summed E-state index contributed by atoms with van der Waals surface area (Å²) in [5, 5.41) is 1.26. The summed E-state index contributed by atoms with van der Waals surface area (Å²) >= 11 is 0. The Bertz CT molecular complexity index is 932. The van der Waals surface area contributed by atoms with E-state index in [0.717, 1.165) is 43.4 Å². The number of carbonyl (C=O) groups is 2. The minimum Gasteiger partial charge on any atom is -0.356 e. The molecule has 2 saturated heterocycles. The van der Waals surface area contributed by atoms with E-state index < -0.39 is 5.54 Å². The number of para-hydroxylation sites is 1. The summed E-state index contributed by atoms with van der Waals surface area (Å²) in [4.78, 5) is 33.8. The zero-order chi connectivity index (χ0) is 16.8. The SMILES string of the molecule is O=C1C[C@H]2CCC[C@@]23C(=O)N2CCc4c([nH]c5ccccc45)[C@H]2CN13. The molecule has 1 spiro atoms. The van der Waals surface area contributed by atoms with Gasteiger partial charge < -0.3 is 14.8 Å². The van der Waals surface area contributed by atoms with Gasteiger partial charge in [-0.2, -0.15) is 0 Å². The highest BCUT2D eigenvalue weighted by Crippen LogP contribution is 2.53. The zero-order valence-corrected chi connectivity index (χ0v) is 14.1. The molecule has 1 N–H and O–H groups in total. The molecule has 0 bridgehead atoms. The number of carbonyl (C=O) groups excluding carboxylic acids is 2. The van der Waals surface area contributed by atoms with Gasteiger partial charge in [0.2, 0.25) is 11.8 Å². The number of aromatic nitrogens is 1. The van der Waals surface area contributed by atoms with Gasteiger partial charge in [0.1, 0.15) is 5.54 Å². The topological polar surface area (TPSA) is 56.4 Å². The van der Waals surface area contributed by atoms with E-state index in [-0.39, 0.29) is 23.8 Å². The van der Waals surface area contributed by atoms with E-state index in [0.29, 0.717) is 13.0 Å². The molecule has 0 unspecified atom stereocenters. The summed E-state index contributed by atoms with van der Waals surface area (Å²) in [6.07, 6.45) is 4.40. The molecule has 25 heavy (non-hydrogen) atoms. The van der Waals surface area contributed by atoms with Crippen molar-refractivity contribution in [3.8, 4) is 0 Å². The Hall–Kier alpha value is -2.30. The van der Waals surface area contributed by atoms with Crippen molar-refractivity contribution in [3.63, 3.8) is 0 Å². The van der Waals surface area contributed by atoms with Crippen LogP contribution in [-0.2, 0) is 16.0 Å². The van der Waals surface area contributed by atoms with E-state index in [1.165, 1.54) is 10.9 Å². The molecule has 0 radical (unpaired) electrons. The Balaban J connectivity index is 1.50. The number of amides is 2. The first-order valence-corrected chi connectivity index (χ1v) is 9.41. The molecule has 1 saturated carbocycles. The molecule has 1 aromatic carbocycles. The van der Waals surface area contributed by atoms with Crippen LogP contribution in [0.3, 0.4) is 0 Å². The first kappa shape index (κ1) is 13.9. The number of hydrogen-bond acceptors (Lipinski definition) is 2. The molecule has 5 heteroatoms. The highest BCUT2D eigenvalue weighted by atomic mass is 16.2. The van der Waals surface area contributed by atoms with Gasteiger partial charge >= 0.3 is 0 Å². The molecule has 128 valence electrons. The van der Waals surface area contributed by atoms with Crippen molar-refractivity contribution in [1.82, 2.24) is 14.8 Å². The second kappa shape index (κ2) is 4.45. The van der Waals surface area contributed by atoms with Crippen LogP contribution in [0, 0.1) is 5.92 Å². The number of aromatic amines is 1. The number of hydrogen-bond donors (Lipinski definition) is 1. The van der Waals surface area contributed by atoms with Gasteiger partial charge in [0.25, 0.3) is 0 Å². The van der Waals surface area contributed by atoms with Gasteiger partial charge in [-0.05, 0) is 36.8 Å². The van der Waals surface area contributed by atoms with Crippen LogP contribution in [0.1, 0.15) is 43.0 Å². The van der Waals surface area contributed by atoms with E-state index in [1.54, 1.807) is 0 Å². The van der Waals surface area contributed by atoms with Crippen molar-refractivity contribution in [1.29, 1.82) is 0 Å². The minimum atomic E-state index is -0.517. The van der Waals surface area contributed by atoms with Crippen LogP contribution >= 0.6 is 0 Å². The van der Waals surface area contributed by atoms with Crippen molar-refractivity contribution in [2.24, 2.45) is 5.92 Å². The summed E-state index contributed by atoms with van der Waals surface area (Å²) in [5.41, 5.74) is 3.09. The van der Waals surface area contributed by atoms with Crippen LogP contribution in [0.4, 0.5) is 0 Å². The van der Waals surface area contributed by atoms with Gasteiger partial charge in [0, 0.05) is 36.1 Å². The number of piperazine rings is 1. The maximum Gasteiger partial charge on any atom is 0.249 e. The molecule has 1 aromatic heterocycles. The van der Waals surface area contributed by atoms with Crippen molar-refractivity contribution < 1.29 is 9.59 Å². The predicted octanol–water partition coefficient (Wildman–Crippen LogP) is 2.38. The number of rotatable bonds is 0. The standard InChI is InChI=1S/C20H21N3O2/c24-17-10-12-4-3-8-20(12)19(25)22-9-7-14-13-5-1-2-6-15(13)21-18(14)16(22)11-23(17)20/h1-2,5-6,12,16,21H,3-4,7-11H2/t12-,16-,20+/m1/s1. The third-order valence-corrected chi connectivity index (χ3v) is 7.14. The lowest BCUT2D eigenvalue weighted by molar-refractivity contribution is -0.162. The maximum atomic E-state index is 13.5. The molecule has 5 nitrogen and oxygen atoms in total. The Morgan fingerprint density at radius 1 is 1.20 bits per heavy atom. The normalized spacial score (nSPS) is 33.4. The highest BCUT2D eigenvalue weighted by Gasteiger charge is 2.64. The Morgan fingerprint density at radius 2 is 2.08 bits per heavy atom. The van der Waals surface area contributed by atoms with E-state index in [4.69, 9.17) is 0 Å². The average molecular weight is 335 g/mol. The number of fused-ring (bicyclic) bond motifs is 5. The Kier molecular flexibility index (Phi) is 2.48. The van der Waals surface area contributed by atoms with E-state index in [2.05, 4.69) is 28.1 Å². The molecule has 4 heterocycles. The van der Waals surface area contributed by atoms with Crippen molar-refractivity contribution >= 4 is 22.7 Å². The molecular weight excluding hydrogens is 314 g/mol. The third kappa shape index (κ3) is 1.51. The average Bonchev–Trinajstić information content (AvgIpc) is 3.26. The van der Waals surface area contributed by atoms with Crippen LogP contribution in [-0.4, -0.2) is 45.2 Å². The summed E-state index contributed by atoms with van der Waals surface area (Å²) in [6.45, 7) is 1.43. The van der Waals surface area contributed by atoms with E-state index >= 15 is 0 Å². The fraction of sp³-hybridized carbons (Fsp3) is 0.500. The first-order valence-electron chi connectivity index (χ1n) is 9.41. The molecular formula is C20H21N3O2. The van der Waals surface area contributed by atoms with Gasteiger partial charge in [0.05, 0.1) is 6.04 Å². The highest BCUT2D eigenvalue weighted by molar-refractivity contribution is 5.98. The molecule has 1 aliphatic carbocycles. The zero-order valence-electron chi connectivity index (χ0n) is 14.1. The van der Waals surface area contributed by atoms with Gasteiger partial charge in [-0.25, -0.2) is 0 Å². The number of nitrogens with zero attached hydrogens (tertiary/aromatic N) is 2. The number of benzene rings is 1. The van der Waals surface area contributed by atoms with Crippen LogP contribution in [0.2, 0.25) is 0 Å². The lowest BCUT2D eigenvalue weighted by atomic mass is 9.82. The summed E-state index contributed by atoms with van der Waals surface area (Å²) in [5.74, 6) is 0.625. The molecule has 2 amide bonds. The molecule has 4 aliphatic rings.